The Kier molecular flexibility index (Phi) is 4.35. The molecule has 0 saturated carbocycles. The monoisotopic (exact) mass is 280 g/mol. The summed E-state index contributed by atoms with van der Waals surface area (Å²) >= 11 is 0. The topological polar surface area (TPSA) is 24.9 Å². The van der Waals surface area contributed by atoms with Crippen LogP contribution in [0.1, 0.15) is 55.0 Å². The van der Waals surface area contributed by atoms with Gasteiger partial charge in [0.05, 0.1) is 5.69 Å². The van der Waals surface area contributed by atoms with Crippen LogP contribution in [-0.4, -0.2) is 11.0 Å². The molecule has 1 atom stereocenters. The van der Waals surface area contributed by atoms with E-state index in [9.17, 15) is 0 Å². The molecule has 1 aliphatic rings. The standard InChI is InChI=1S/C19H24N2/c1-14(2)21-13-16-7-3-4-10-17(16)18-11-5-8-15-9-6-12-20-19(15)18/h3-4,6-7,9-10,12,14,18,21H,5,8,11,13H2,1-2H3. The van der Waals surface area contributed by atoms with Gasteiger partial charge in [0, 0.05) is 24.7 Å². The van der Waals surface area contributed by atoms with Gasteiger partial charge in [-0.1, -0.05) is 44.2 Å². The zero-order valence-electron chi connectivity index (χ0n) is 13.0. The van der Waals surface area contributed by atoms with Crippen molar-refractivity contribution >= 4 is 0 Å². The summed E-state index contributed by atoms with van der Waals surface area (Å²) in [5, 5.41) is 3.54. The van der Waals surface area contributed by atoms with Crippen LogP contribution in [0.4, 0.5) is 0 Å². The van der Waals surface area contributed by atoms with Crippen LogP contribution in [0.3, 0.4) is 0 Å². The molecule has 0 spiro atoms. The third kappa shape index (κ3) is 3.16. The van der Waals surface area contributed by atoms with E-state index in [-0.39, 0.29) is 0 Å². The highest BCUT2D eigenvalue weighted by Gasteiger charge is 2.24. The number of nitrogens with zero attached hydrogens (tertiary/aromatic N) is 1. The Balaban J connectivity index is 1.94. The molecular formula is C19H24N2. The molecule has 1 N–H and O–H groups in total. The number of rotatable bonds is 4. The summed E-state index contributed by atoms with van der Waals surface area (Å²) in [6.45, 7) is 5.33. The van der Waals surface area contributed by atoms with Crippen LogP contribution in [0.5, 0.6) is 0 Å². The molecule has 110 valence electrons. The van der Waals surface area contributed by atoms with E-state index in [4.69, 9.17) is 4.98 Å². The fourth-order valence-corrected chi connectivity index (χ4v) is 3.26. The van der Waals surface area contributed by atoms with Crippen LogP contribution in [0.2, 0.25) is 0 Å². The second kappa shape index (κ2) is 6.40. The third-order valence-corrected chi connectivity index (χ3v) is 4.33. The van der Waals surface area contributed by atoms with Crippen molar-refractivity contribution in [3.05, 3.63) is 65.0 Å². The van der Waals surface area contributed by atoms with Gasteiger partial charge in [-0.15, -0.1) is 0 Å². The summed E-state index contributed by atoms with van der Waals surface area (Å²) in [5.41, 5.74) is 5.58. The molecule has 0 saturated heterocycles. The fourth-order valence-electron chi connectivity index (χ4n) is 3.26. The zero-order chi connectivity index (χ0) is 14.7. The highest BCUT2D eigenvalue weighted by molar-refractivity contribution is 5.39. The lowest BCUT2D eigenvalue weighted by Gasteiger charge is -2.26. The quantitative estimate of drug-likeness (QED) is 0.914. The summed E-state index contributed by atoms with van der Waals surface area (Å²) in [6.07, 6.45) is 5.58. The molecule has 2 heteroatoms. The number of benzene rings is 1. The molecule has 0 bridgehead atoms. The molecule has 0 radical (unpaired) electrons. The van der Waals surface area contributed by atoms with Crippen LogP contribution >= 0.6 is 0 Å². The number of nitrogens with one attached hydrogen (secondary N) is 1. The maximum Gasteiger partial charge on any atom is 0.0510 e. The molecule has 1 aromatic carbocycles. The smallest absolute Gasteiger partial charge is 0.0510 e. The van der Waals surface area contributed by atoms with Gasteiger partial charge in [-0.05, 0) is 42.0 Å². The van der Waals surface area contributed by atoms with Crippen molar-refractivity contribution in [1.29, 1.82) is 0 Å². The highest BCUT2D eigenvalue weighted by atomic mass is 14.9. The zero-order valence-corrected chi connectivity index (χ0v) is 13.0. The Morgan fingerprint density at radius 3 is 2.90 bits per heavy atom. The second-order valence-electron chi connectivity index (χ2n) is 6.23. The first-order valence-electron chi connectivity index (χ1n) is 8.00. The van der Waals surface area contributed by atoms with E-state index in [0.29, 0.717) is 12.0 Å². The molecule has 21 heavy (non-hydrogen) atoms. The van der Waals surface area contributed by atoms with E-state index in [1.807, 2.05) is 6.20 Å². The summed E-state index contributed by atoms with van der Waals surface area (Å²) in [7, 11) is 0. The number of hydrogen-bond acceptors (Lipinski definition) is 2. The van der Waals surface area contributed by atoms with Crippen molar-refractivity contribution in [2.75, 3.05) is 0 Å². The van der Waals surface area contributed by atoms with Gasteiger partial charge in [0.2, 0.25) is 0 Å². The Labute approximate surface area is 127 Å². The lowest BCUT2D eigenvalue weighted by atomic mass is 9.80. The van der Waals surface area contributed by atoms with Gasteiger partial charge in [0.15, 0.2) is 0 Å². The molecule has 1 aliphatic carbocycles. The molecule has 0 fully saturated rings. The van der Waals surface area contributed by atoms with Gasteiger partial charge in [-0.25, -0.2) is 0 Å². The number of aromatic nitrogens is 1. The number of pyridine rings is 1. The Bertz CT molecular complexity index is 604. The van der Waals surface area contributed by atoms with Crippen molar-refractivity contribution in [2.24, 2.45) is 0 Å². The van der Waals surface area contributed by atoms with Crippen molar-refractivity contribution < 1.29 is 0 Å². The molecule has 1 unspecified atom stereocenters. The summed E-state index contributed by atoms with van der Waals surface area (Å²) in [6, 6.07) is 13.6. The largest absolute Gasteiger partial charge is 0.310 e. The first-order chi connectivity index (χ1) is 10.3. The van der Waals surface area contributed by atoms with Gasteiger partial charge in [0.25, 0.3) is 0 Å². The molecule has 2 aromatic rings. The maximum absolute atomic E-state index is 4.69. The third-order valence-electron chi connectivity index (χ3n) is 4.33. The lowest BCUT2D eigenvalue weighted by Crippen LogP contribution is -2.23. The molecular weight excluding hydrogens is 256 g/mol. The van der Waals surface area contributed by atoms with E-state index in [0.717, 1.165) is 6.54 Å². The van der Waals surface area contributed by atoms with Crippen LogP contribution in [0, 0.1) is 0 Å². The molecule has 1 aromatic heterocycles. The first kappa shape index (κ1) is 14.3. The summed E-state index contributed by atoms with van der Waals surface area (Å²) in [5.74, 6) is 0.458. The van der Waals surface area contributed by atoms with Crippen molar-refractivity contribution in [1.82, 2.24) is 10.3 Å². The summed E-state index contributed by atoms with van der Waals surface area (Å²) in [4.78, 5) is 4.69. The number of aryl methyl sites for hydroxylation is 1. The molecule has 0 aliphatic heterocycles. The fraction of sp³-hybridized carbons (Fsp3) is 0.421. The average molecular weight is 280 g/mol. The molecule has 1 heterocycles. The molecule has 3 rings (SSSR count). The van der Waals surface area contributed by atoms with Crippen molar-refractivity contribution in [3.63, 3.8) is 0 Å². The number of fused-ring (bicyclic) bond motifs is 1. The minimum Gasteiger partial charge on any atom is -0.310 e. The second-order valence-corrected chi connectivity index (χ2v) is 6.23. The van der Waals surface area contributed by atoms with Gasteiger partial charge in [0.1, 0.15) is 0 Å². The maximum atomic E-state index is 4.69. The van der Waals surface area contributed by atoms with E-state index in [2.05, 4.69) is 55.6 Å². The van der Waals surface area contributed by atoms with Gasteiger partial charge >= 0.3 is 0 Å². The van der Waals surface area contributed by atoms with Crippen LogP contribution < -0.4 is 5.32 Å². The van der Waals surface area contributed by atoms with E-state index < -0.39 is 0 Å². The first-order valence-corrected chi connectivity index (χ1v) is 8.00. The predicted octanol–water partition coefficient (Wildman–Crippen LogP) is 4.05. The summed E-state index contributed by atoms with van der Waals surface area (Å²) < 4.78 is 0. The number of hydrogen-bond donors (Lipinski definition) is 1. The van der Waals surface area contributed by atoms with Crippen LogP contribution in [0.25, 0.3) is 0 Å². The predicted molar refractivity (Wildman–Crippen MR) is 87.4 cm³/mol. The minimum atomic E-state index is 0.458. The van der Waals surface area contributed by atoms with Gasteiger partial charge < -0.3 is 5.32 Å². The molecule has 2 nitrogen and oxygen atoms in total. The lowest BCUT2D eigenvalue weighted by molar-refractivity contribution is 0.567. The SMILES string of the molecule is CC(C)NCc1ccccc1C1CCCc2cccnc21. The van der Waals surface area contributed by atoms with E-state index >= 15 is 0 Å². The Morgan fingerprint density at radius 2 is 2.05 bits per heavy atom. The van der Waals surface area contributed by atoms with Crippen molar-refractivity contribution in [3.8, 4) is 0 Å². The van der Waals surface area contributed by atoms with E-state index in [1.165, 1.54) is 41.6 Å². The normalized spacial score (nSPS) is 17.8. The van der Waals surface area contributed by atoms with Crippen LogP contribution in [-0.2, 0) is 13.0 Å². The Hall–Kier alpha value is -1.67. The van der Waals surface area contributed by atoms with E-state index in [1.54, 1.807) is 0 Å². The van der Waals surface area contributed by atoms with Gasteiger partial charge in [-0.2, -0.15) is 0 Å². The van der Waals surface area contributed by atoms with Crippen LogP contribution in [0.15, 0.2) is 42.6 Å². The minimum absolute atomic E-state index is 0.458. The van der Waals surface area contributed by atoms with Gasteiger partial charge in [-0.3, -0.25) is 4.98 Å². The van der Waals surface area contributed by atoms with Crippen molar-refractivity contribution in [2.45, 2.75) is 51.6 Å². The molecule has 0 amide bonds. The average Bonchev–Trinajstić information content (AvgIpc) is 2.53. The Morgan fingerprint density at radius 1 is 1.19 bits per heavy atom. The highest BCUT2D eigenvalue weighted by Crippen LogP contribution is 2.36.